The van der Waals surface area contributed by atoms with Gasteiger partial charge in [0, 0.05) is 6.20 Å². The summed E-state index contributed by atoms with van der Waals surface area (Å²) in [6, 6.07) is 2.01. The first kappa shape index (κ1) is 9.24. The summed E-state index contributed by atoms with van der Waals surface area (Å²) in [6.07, 6.45) is 8.21. The predicted octanol–water partition coefficient (Wildman–Crippen LogP) is 2.42. The number of fused-ring (bicyclic) bond motifs is 1. The van der Waals surface area contributed by atoms with E-state index in [9.17, 15) is 0 Å². The molecule has 3 nitrogen and oxygen atoms in total. The van der Waals surface area contributed by atoms with Gasteiger partial charge in [-0.05, 0) is 18.9 Å². The van der Waals surface area contributed by atoms with E-state index in [0.29, 0.717) is 0 Å². The maximum absolute atomic E-state index is 6.37. The van der Waals surface area contributed by atoms with E-state index in [2.05, 4.69) is 9.97 Å². The lowest BCUT2D eigenvalue weighted by Crippen LogP contribution is -2.32. The molecule has 0 aromatic carbocycles. The molecule has 2 N–H and O–H groups in total. The summed E-state index contributed by atoms with van der Waals surface area (Å²) >= 11 is 1.72. The summed E-state index contributed by atoms with van der Waals surface area (Å²) in [6.45, 7) is 0. The van der Waals surface area contributed by atoms with E-state index >= 15 is 0 Å². The van der Waals surface area contributed by atoms with E-state index in [1.807, 2.05) is 18.5 Å². The van der Waals surface area contributed by atoms with Gasteiger partial charge in [0.1, 0.15) is 5.01 Å². The average Bonchev–Trinajstić information content (AvgIpc) is 2.84. The molecule has 0 bridgehead atoms. The van der Waals surface area contributed by atoms with Crippen LogP contribution in [0.15, 0.2) is 18.5 Å². The van der Waals surface area contributed by atoms with Gasteiger partial charge < -0.3 is 5.73 Å². The second-order valence-electron chi connectivity index (χ2n) is 4.23. The Morgan fingerprint density at radius 3 is 2.87 bits per heavy atom. The number of nitrogens with two attached hydrogens (primary N) is 1. The minimum absolute atomic E-state index is 0.163. The monoisotopic (exact) mass is 219 g/mol. The Morgan fingerprint density at radius 1 is 1.33 bits per heavy atom. The fourth-order valence-corrected chi connectivity index (χ4v) is 3.30. The van der Waals surface area contributed by atoms with Crippen molar-refractivity contribution in [1.29, 1.82) is 0 Å². The fraction of sp³-hybridized carbons (Fsp3) is 0.455. The lowest BCUT2D eigenvalue weighted by atomic mass is 10.0. The van der Waals surface area contributed by atoms with Gasteiger partial charge in [-0.1, -0.05) is 12.8 Å². The molecule has 1 aliphatic rings. The molecule has 2 aromatic rings. The predicted molar refractivity (Wildman–Crippen MR) is 61.7 cm³/mol. The Labute approximate surface area is 92.4 Å². The third-order valence-electron chi connectivity index (χ3n) is 3.11. The minimum atomic E-state index is -0.163. The van der Waals surface area contributed by atoms with Gasteiger partial charge in [-0.3, -0.25) is 4.98 Å². The number of thiazole rings is 1. The molecule has 15 heavy (non-hydrogen) atoms. The lowest BCUT2D eigenvalue weighted by molar-refractivity contribution is 0.460. The molecule has 1 aliphatic carbocycles. The maximum atomic E-state index is 6.37. The normalized spacial score (nSPS) is 19.8. The van der Waals surface area contributed by atoms with E-state index in [4.69, 9.17) is 5.73 Å². The summed E-state index contributed by atoms with van der Waals surface area (Å²) in [5, 5.41) is 1.09. The molecule has 2 aromatic heterocycles. The Balaban J connectivity index is 2.11. The lowest BCUT2D eigenvalue weighted by Gasteiger charge is -2.19. The Bertz CT molecular complexity index is 452. The van der Waals surface area contributed by atoms with Gasteiger partial charge in [0.15, 0.2) is 0 Å². The zero-order valence-corrected chi connectivity index (χ0v) is 9.26. The third kappa shape index (κ3) is 1.44. The van der Waals surface area contributed by atoms with Crippen LogP contribution in [0, 0.1) is 0 Å². The molecule has 0 amide bonds. The smallest absolute Gasteiger partial charge is 0.114 e. The number of nitrogens with zero attached hydrogens (tertiary/aromatic N) is 2. The van der Waals surface area contributed by atoms with E-state index in [1.54, 1.807) is 11.3 Å². The Morgan fingerprint density at radius 2 is 2.13 bits per heavy atom. The quantitative estimate of drug-likeness (QED) is 0.801. The zero-order valence-electron chi connectivity index (χ0n) is 8.44. The van der Waals surface area contributed by atoms with Gasteiger partial charge in [0.05, 0.1) is 22.0 Å². The SMILES string of the molecule is NC1(c2nc3cnccc3s2)CCCC1. The van der Waals surface area contributed by atoms with Crippen molar-refractivity contribution in [3.63, 3.8) is 0 Å². The highest BCUT2D eigenvalue weighted by atomic mass is 32.1. The van der Waals surface area contributed by atoms with Crippen molar-refractivity contribution in [2.24, 2.45) is 5.73 Å². The fourth-order valence-electron chi connectivity index (χ4n) is 2.21. The van der Waals surface area contributed by atoms with Gasteiger partial charge in [-0.15, -0.1) is 11.3 Å². The van der Waals surface area contributed by atoms with Crippen LogP contribution in [0.25, 0.3) is 10.2 Å². The average molecular weight is 219 g/mol. The van der Waals surface area contributed by atoms with Gasteiger partial charge in [-0.25, -0.2) is 4.98 Å². The van der Waals surface area contributed by atoms with Crippen LogP contribution >= 0.6 is 11.3 Å². The minimum Gasteiger partial charge on any atom is -0.319 e. The molecular weight excluding hydrogens is 206 g/mol. The van der Waals surface area contributed by atoms with E-state index in [0.717, 1.165) is 23.4 Å². The summed E-state index contributed by atoms with van der Waals surface area (Å²) in [5.74, 6) is 0. The third-order valence-corrected chi connectivity index (χ3v) is 4.37. The van der Waals surface area contributed by atoms with Gasteiger partial charge in [0.2, 0.25) is 0 Å². The van der Waals surface area contributed by atoms with Gasteiger partial charge in [-0.2, -0.15) is 0 Å². The molecule has 4 heteroatoms. The summed E-state index contributed by atoms with van der Waals surface area (Å²) < 4.78 is 1.19. The van der Waals surface area contributed by atoms with E-state index < -0.39 is 0 Å². The first-order valence-electron chi connectivity index (χ1n) is 5.28. The van der Waals surface area contributed by atoms with Crippen molar-refractivity contribution >= 4 is 21.6 Å². The van der Waals surface area contributed by atoms with Gasteiger partial charge in [0.25, 0.3) is 0 Å². The molecular formula is C11H13N3S. The highest BCUT2D eigenvalue weighted by Crippen LogP contribution is 2.39. The van der Waals surface area contributed by atoms with Crippen LogP contribution in [-0.4, -0.2) is 9.97 Å². The molecule has 1 saturated carbocycles. The summed E-state index contributed by atoms with van der Waals surface area (Å²) in [4.78, 5) is 8.68. The van der Waals surface area contributed by atoms with Crippen molar-refractivity contribution < 1.29 is 0 Å². The van der Waals surface area contributed by atoms with Crippen LogP contribution < -0.4 is 5.73 Å². The van der Waals surface area contributed by atoms with Crippen LogP contribution in [0.4, 0.5) is 0 Å². The molecule has 0 spiro atoms. The van der Waals surface area contributed by atoms with Crippen LogP contribution in [0.2, 0.25) is 0 Å². The van der Waals surface area contributed by atoms with Gasteiger partial charge >= 0.3 is 0 Å². The van der Waals surface area contributed by atoms with Crippen molar-refractivity contribution in [1.82, 2.24) is 9.97 Å². The zero-order chi connectivity index (χ0) is 10.3. The van der Waals surface area contributed by atoms with Crippen LogP contribution in [0.1, 0.15) is 30.7 Å². The molecule has 0 aliphatic heterocycles. The summed E-state index contributed by atoms with van der Waals surface area (Å²) in [7, 11) is 0. The Kier molecular flexibility index (Phi) is 2.00. The highest BCUT2D eigenvalue weighted by molar-refractivity contribution is 7.18. The molecule has 0 saturated heterocycles. The molecule has 0 unspecified atom stereocenters. The molecule has 2 heterocycles. The van der Waals surface area contributed by atoms with Crippen molar-refractivity contribution in [3.05, 3.63) is 23.5 Å². The number of pyridine rings is 1. The number of rotatable bonds is 1. The van der Waals surface area contributed by atoms with E-state index in [1.165, 1.54) is 17.5 Å². The number of hydrogen-bond donors (Lipinski definition) is 1. The van der Waals surface area contributed by atoms with Crippen molar-refractivity contribution in [3.8, 4) is 0 Å². The second-order valence-corrected chi connectivity index (χ2v) is 5.26. The molecule has 1 fully saturated rings. The topological polar surface area (TPSA) is 51.8 Å². The molecule has 0 atom stereocenters. The standard InChI is InChI=1S/C11H13N3S/c12-11(4-1-2-5-11)10-14-8-7-13-6-3-9(8)15-10/h3,6-7H,1-2,4-5,12H2. The summed E-state index contributed by atoms with van der Waals surface area (Å²) in [5.41, 5.74) is 7.19. The van der Waals surface area contributed by atoms with Crippen LogP contribution in [0.3, 0.4) is 0 Å². The molecule has 78 valence electrons. The van der Waals surface area contributed by atoms with Crippen molar-refractivity contribution in [2.75, 3.05) is 0 Å². The van der Waals surface area contributed by atoms with E-state index in [-0.39, 0.29) is 5.54 Å². The van der Waals surface area contributed by atoms with Crippen LogP contribution in [-0.2, 0) is 5.54 Å². The first-order valence-corrected chi connectivity index (χ1v) is 6.09. The first-order chi connectivity index (χ1) is 7.28. The second kappa shape index (κ2) is 3.25. The highest BCUT2D eigenvalue weighted by Gasteiger charge is 2.34. The Hall–Kier alpha value is -1.00. The molecule has 3 rings (SSSR count). The van der Waals surface area contributed by atoms with Crippen LogP contribution in [0.5, 0.6) is 0 Å². The van der Waals surface area contributed by atoms with Crippen molar-refractivity contribution in [2.45, 2.75) is 31.2 Å². The number of aromatic nitrogens is 2. The largest absolute Gasteiger partial charge is 0.319 e. The number of hydrogen-bond acceptors (Lipinski definition) is 4. The maximum Gasteiger partial charge on any atom is 0.114 e. The molecule has 0 radical (unpaired) electrons.